The lowest BCUT2D eigenvalue weighted by Crippen LogP contribution is -2.47. The van der Waals surface area contributed by atoms with Crippen LogP contribution in [0, 0.1) is 6.92 Å². The molecule has 2 heterocycles. The molecule has 0 bridgehead atoms. The number of carbonyl (C=O) groups excluding carboxylic acids is 1. The van der Waals surface area contributed by atoms with Gasteiger partial charge in [0.15, 0.2) is 5.78 Å². The minimum Gasteiger partial charge on any atom is -0.419 e. The third kappa shape index (κ3) is 4.22. The maximum atomic E-state index is 11.5. The van der Waals surface area contributed by atoms with Crippen LogP contribution in [0.25, 0.3) is 11.5 Å². The number of Topliss-reactive ketones (excluding diaryl/α,β-unsaturated/α-hetero) is 1. The molecule has 0 saturated carbocycles. The van der Waals surface area contributed by atoms with Gasteiger partial charge in [-0.25, -0.2) is 0 Å². The third-order valence-corrected chi connectivity index (χ3v) is 5.60. The van der Waals surface area contributed by atoms with Gasteiger partial charge in [-0.05, 0) is 57.2 Å². The lowest BCUT2D eigenvalue weighted by molar-refractivity contribution is 0.101. The van der Waals surface area contributed by atoms with Crippen LogP contribution in [-0.4, -0.2) is 47.1 Å². The van der Waals surface area contributed by atoms with Crippen LogP contribution in [0.1, 0.15) is 41.7 Å². The third-order valence-electron chi connectivity index (χ3n) is 5.60. The highest BCUT2D eigenvalue weighted by Crippen LogP contribution is 2.26. The summed E-state index contributed by atoms with van der Waals surface area (Å²) in [6, 6.07) is 16.0. The summed E-state index contributed by atoms with van der Waals surface area (Å²) in [5, 5.41) is 8.53. The summed E-state index contributed by atoms with van der Waals surface area (Å²) < 4.78 is 5.96. The fourth-order valence-corrected chi connectivity index (χ4v) is 3.65. The maximum absolute atomic E-state index is 11.5. The number of hydrogen-bond donors (Lipinski definition) is 0. The first kappa shape index (κ1) is 19.3. The molecule has 0 N–H and O–H groups in total. The van der Waals surface area contributed by atoms with Gasteiger partial charge in [-0.15, -0.1) is 10.2 Å². The van der Waals surface area contributed by atoms with E-state index in [9.17, 15) is 4.79 Å². The number of hydrogen-bond acceptors (Lipinski definition) is 6. The highest BCUT2D eigenvalue weighted by atomic mass is 16.4. The lowest BCUT2D eigenvalue weighted by atomic mass is 10.1. The topological polar surface area (TPSA) is 62.5 Å². The maximum Gasteiger partial charge on any atom is 0.247 e. The lowest BCUT2D eigenvalue weighted by Gasteiger charge is -2.38. The van der Waals surface area contributed by atoms with Crippen molar-refractivity contribution in [3.8, 4) is 11.5 Å². The predicted octanol–water partition coefficient (Wildman–Crippen LogP) is 4.13. The minimum atomic E-state index is 0.0731. The molecule has 150 valence electrons. The van der Waals surface area contributed by atoms with E-state index >= 15 is 0 Å². The molecular weight excluding hydrogens is 364 g/mol. The van der Waals surface area contributed by atoms with Gasteiger partial charge in [0.05, 0.1) is 6.04 Å². The largest absolute Gasteiger partial charge is 0.419 e. The van der Waals surface area contributed by atoms with Gasteiger partial charge < -0.3 is 9.32 Å². The van der Waals surface area contributed by atoms with E-state index in [0.29, 0.717) is 11.8 Å². The smallest absolute Gasteiger partial charge is 0.247 e. The second-order valence-electron chi connectivity index (χ2n) is 7.61. The number of aryl methyl sites for hydroxylation is 1. The average molecular weight is 390 g/mol. The molecule has 6 nitrogen and oxygen atoms in total. The molecule has 3 aromatic rings. The fraction of sp³-hybridized carbons (Fsp3) is 0.348. The number of ketones is 1. The minimum absolute atomic E-state index is 0.0731. The molecule has 1 aliphatic heterocycles. The molecule has 0 unspecified atom stereocenters. The summed E-state index contributed by atoms with van der Waals surface area (Å²) in [4.78, 5) is 16.2. The highest BCUT2D eigenvalue weighted by Gasteiger charge is 2.26. The Hall–Kier alpha value is -2.99. The van der Waals surface area contributed by atoms with Crippen molar-refractivity contribution in [1.82, 2.24) is 15.1 Å². The van der Waals surface area contributed by atoms with Gasteiger partial charge in [-0.2, -0.15) is 0 Å². The first-order valence-electron chi connectivity index (χ1n) is 10.0. The van der Waals surface area contributed by atoms with Crippen LogP contribution < -0.4 is 4.90 Å². The van der Waals surface area contributed by atoms with Gasteiger partial charge in [0.25, 0.3) is 0 Å². The molecule has 1 atom stereocenters. The molecule has 6 heteroatoms. The van der Waals surface area contributed by atoms with Crippen LogP contribution in [0.5, 0.6) is 0 Å². The van der Waals surface area contributed by atoms with E-state index in [4.69, 9.17) is 4.42 Å². The first-order valence-corrected chi connectivity index (χ1v) is 10.0. The van der Waals surface area contributed by atoms with E-state index in [1.807, 2.05) is 48.5 Å². The summed E-state index contributed by atoms with van der Waals surface area (Å²) in [7, 11) is 0. The molecule has 0 amide bonds. The van der Waals surface area contributed by atoms with E-state index in [1.54, 1.807) is 6.92 Å². The number of anilines is 1. The van der Waals surface area contributed by atoms with Gasteiger partial charge in [0, 0.05) is 43.0 Å². The number of aromatic nitrogens is 2. The number of nitrogens with zero attached hydrogens (tertiary/aromatic N) is 4. The van der Waals surface area contributed by atoms with Gasteiger partial charge in [-0.3, -0.25) is 9.69 Å². The van der Waals surface area contributed by atoms with Crippen LogP contribution >= 0.6 is 0 Å². The van der Waals surface area contributed by atoms with Crippen molar-refractivity contribution in [2.45, 2.75) is 26.8 Å². The summed E-state index contributed by atoms with van der Waals surface area (Å²) in [6.07, 6.45) is 0. The molecule has 0 radical (unpaired) electrons. The number of rotatable bonds is 5. The summed E-state index contributed by atoms with van der Waals surface area (Å²) in [5.74, 6) is 1.32. The normalized spacial score (nSPS) is 16.0. The Kier molecular flexibility index (Phi) is 5.45. The molecule has 1 fully saturated rings. The van der Waals surface area contributed by atoms with E-state index in [-0.39, 0.29) is 11.8 Å². The van der Waals surface area contributed by atoms with Crippen molar-refractivity contribution < 1.29 is 9.21 Å². The molecule has 0 spiro atoms. The Morgan fingerprint density at radius 2 is 1.62 bits per heavy atom. The molecule has 1 aromatic heterocycles. The van der Waals surface area contributed by atoms with Crippen molar-refractivity contribution in [3.63, 3.8) is 0 Å². The van der Waals surface area contributed by atoms with E-state index in [1.165, 1.54) is 5.56 Å². The monoisotopic (exact) mass is 390 g/mol. The van der Waals surface area contributed by atoms with Gasteiger partial charge in [-0.1, -0.05) is 17.7 Å². The summed E-state index contributed by atoms with van der Waals surface area (Å²) >= 11 is 0. The van der Waals surface area contributed by atoms with Crippen molar-refractivity contribution >= 4 is 11.5 Å². The molecular formula is C23H26N4O2. The second-order valence-corrected chi connectivity index (χ2v) is 7.61. The molecule has 1 aliphatic rings. The van der Waals surface area contributed by atoms with E-state index in [0.717, 1.165) is 43.0 Å². The second kappa shape index (κ2) is 8.17. The van der Waals surface area contributed by atoms with E-state index < -0.39 is 0 Å². The summed E-state index contributed by atoms with van der Waals surface area (Å²) in [5.41, 5.74) is 4.06. The van der Waals surface area contributed by atoms with Crippen molar-refractivity contribution in [3.05, 3.63) is 65.5 Å². The molecule has 4 rings (SSSR count). The molecule has 29 heavy (non-hydrogen) atoms. The Morgan fingerprint density at radius 3 is 2.24 bits per heavy atom. The summed E-state index contributed by atoms with van der Waals surface area (Å²) in [6.45, 7) is 9.43. The van der Waals surface area contributed by atoms with Crippen LogP contribution in [0.3, 0.4) is 0 Å². The number of piperazine rings is 1. The SMILES string of the molecule is CC(=O)c1ccc(N2CCN([C@H](C)c3nnc(-c4ccc(C)cc4)o3)CC2)cc1. The number of carbonyl (C=O) groups is 1. The molecule has 2 aromatic carbocycles. The Morgan fingerprint density at radius 1 is 0.966 bits per heavy atom. The fourth-order valence-electron chi connectivity index (χ4n) is 3.65. The first-order chi connectivity index (χ1) is 14.0. The zero-order chi connectivity index (χ0) is 20.4. The predicted molar refractivity (Wildman–Crippen MR) is 113 cm³/mol. The van der Waals surface area contributed by atoms with Crippen molar-refractivity contribution in [2.24, 2.45) is 0 Å². The van der Waals surface area contributed by atoms with Crippen LogP contribution in [0.4, 0.5) is 5.69 Å². The van der Waals surface area contributed by atoms with Gasteiger partial charge in [0.2, 0.25) is 11.8 Å². The standard InChI is InChI=1S/C23H26N4O2/c1-16-4-6-20(7-5-16)23-25-24-22(29-23)17(2)26-12-14-27(15-13-26)21-10-8-19(9-11-21)18(3)28/h4-11,17H,12-15H2,1-3H3/t17-/m1/s1. The van der Waals surface area contributed by atoms with Crippen molar-refractivity contribution in [1.29, 1.82) is 0 Å². The average Bonchev–Trinajstić information content (AvgIpc) is 3.24. The van der Waals surface area contributed by atoms with Crippen LogP contribution in [-0.2, 0) is 0 Å². The zero-order valence-corrected chi connectivity index (χ0v) is 17.1. The van der Waals surface area contributed by atoms with Gasteiger partial charge in [0.1, 0.15) is 0 Å². The van der Waals surface area contributed by atoms with Crippen molar-refractivity contribution in [2.75, 3.05) is 31.1 Å². The highest BCUT2D eigenvalue weighted by molar-refractivity contribution is 5.94. The Balaban J connectivity index is 1.38. The van der Waals surface area contributed by atoms with Crippen LogP contribution in [0.15, 0.2) is 52.9 Å². The molecule has 0 aliphatic carbocycles. The van der Waals surface area contributed by atoms with Gasteiger partial charge >= 0.3 is 0 Å². The number of benzene rings is 2. The molecule has 1 saturated heterocycles. The Labute approximate surface area is 171 Å². The Bertz CT molecular complexity index is 971. The van der Waals surface area contributed by atoms with E-state index in [2.05, 4.69) is 33.8 Å². The quantitative estimate of drug-likeness (QED) is 0.611. The zero-order valence-electron chi connectivity index (χ0n) is 17.1. The van der Waals surface area contributed by atoms with Crippen LogP contribution in [0.2, 0.25) is 0 Å².